The van der Waals surface area contributed by atoms with E-state index >= 15 is 0 Å². The van der Waals surface area contributed by atoms with E-state index in [-0.39, 0.29) is 21.3 Å². The summed E-state index contributed by atoms with van der Waals surface area (Å²) in [5, 5.41) is 0.0899. The topological polar surface area (TPSA) is 107 Å². The molecule has 0 atom stereocenters. The standard InChI is InChI=1S/C13H15ClN4O3S/c1-2-3-18-7-12(16-8-18)22(20,21)17-11-5-9(13(15)19)4-10(14)6-11/h4-8,17H,2-3H2,1H3,(H2,15,19). The SMILES string of the molecule is CCCn1cnc(S(=O)(=O)Nc2cc(Cl)cc(C(N)=O)c2)c1. The van der Waals surface area contributed by atoms with Crippen LogP contribution in [0.5, 0.6) is 0 Å². The van der Waals surface area contributed by atoms with Gasteiger partial charge in [0, 0.05) is 23.3 Å². The maximum Gasteiger partial charge on any atom is 0.280 e. The van der Waals surface area contributed by atoms with E-state index in [1.165, 1.54) is 30.7 Å². The molecule has 0 aliphatic carbocycles. The first-order valence-corrected chi connectivity index (χ1v) is 8.33. The van der Waals surface area contributed by atoms with Crippen molar-refractivity contribution < 1.29 is 13.2 Å². The maximum absolute atomic E-state index is 12.3. The summed E-state index contributed by atoms with van der Waals surface area (Å²) in [6, 6.07) is 4.06. The Hall–Kier alpha value is -2.06. The lowest BCUT2D eigenvalue weighted by atomic mass is 10.2. The number of rotatable bonds is 6. The number of carbonyl (C=O) groups excluding carboxylic acids is 1. The summed E-state index contributed by atoms with van der Waals surface area (Å²) in [4.78, 5) is 15.1. The zero-order valence-corrected chi connectivity index (χ0v) is 13.4. The minimum absolute atomic E-state index is 0.110. The second-order valence-electron chi connectivity index (χ2n) is 4.65. The highest BCUT2D eigenvalue weighted by atomic mass is 35.5. The van der Waals surface area contributed by atoms with Crippen molar-refractivity contribution in [2.24, 2.45) is 5.73 Å². The molecule has 0 aliphatic heterocycles. The van der Waals surface area contributed by atoms with Crippen molar-refractivity contribution in [3.8, 4) is 0 Å². The summed E-state index contributed by atoms with van der Waals surface area (Å²) < 4.78 is 28.5. The van der Waals surface area contributed by atoms with Crippen LogP contribution in [0.3, 0.4) is 0 Å². The molecule has 3 N–H and O–H groups in total. The van der Waals surface area contributed by atoms with E-state index < -0.39 is 15.9 Å². The van der Waals surface area contributed by atoms with Gasteiger partial charge in [-0.2, -0.15) is 8.42 Å². The van der Waals surface area contributed by atoms with Gasteiger partial charge in [0.15, 0.2) is 5.03 Å². The van der Waals surface area contributed by atoms with Gasteiger partial charge in [0.2, 0.25) is 5.91 Å². The number of amides is 1. The molecular weight excluding hydrogens is 328 g/mol. The highest BCUT2D eigenvalue weighted by Crippen LogP contribution is 2.21. The van der Waals surface area contributed by atoms with E-state index in [0.717, 1.165) is 6.42 Å². The average molecular weight is 343 g/mol. The van der Waals surface area contributed by atoms with Crippen LogP contribution in [0.4, 0.5) is 5.69 Å². The molecule has 1 aromatic heterocycles. The second-order valence-corrected chi connectivity index (χ2v) is 6.71. The van der Waals surface area contributed by atoms with Gasteiger partial charge in [-0.05, 0) is 24.6 Å². The van der Waals surface area contributed by atoms with Gasteiger partial charge in [0.25, 0.3) is 10.0 Å². The first-order chi connectivity index (χ1) is 10.3. The highest BCUT2D eigenvalue weighted by molar-refractivity contribution is 7.92. The smallest absolute Gasteiger partial charge is 0.280 e. The Bertz CT molecular complexity index is 801. The van der Waals surface area contributed by atoms with Crippen molar-refractivity contribution >= 4 is 33.2 Å². The minimum Gasteiger partial charge on any atom is -0.366 e. The van der Waals surface area contributed by atoms with Crippen molar-refractivity contribution in [3.05, 3.63) is 41.3 Å². The lowest BCUT2D eigenvalue weighted by Crippen LogP contribution is -2.15. The minimum atomic E-state index is -3.86. The number of carbonyl (C=O) groups is 1. The molecule has 0 radical (unpaired) electrons. The number of aromatic nitrogens is 2. The van der Waals surface area contributed by atoms with Gasteiger partial charge in [-0.3, -0.25) is 9.52 Å². The van der Waals surface area contributed by atoms with Gasteiger partial charge >= 0.3 is 0 Å². The van der Waals surface area contributed by atoms with Gasteiger partial charge in [-0.15, -0.1) is 0 Å². The van der Waals surface area contributed by atoms with Crippen LogP contribution in [0.15, 0.2) is 35.7 Å². The number of halogens is 1. The van der Waals surface area contributed by atoms with Crippen LogP contribution >= 0.6 is 11.6 Å². The van der Waals surface area contributed by atoms with Gasteiger partial charge in [0.05, 0.1) is 12.0 Å². The number of hydrogen-bond donors (Lipinski definition) is 2. The molecule has 118 valence electrons. The third-order valence-electron chi connectivity index (χ3n) is 2.80. The average Bonchev–Trinajstić information content (AvgIpc) is 2.87. The molecule has 22 heavy (non-hydrogen) atoms. The third kappa shape index (κ3) is 3.77. The predicted molar refractivity (Wildman–Crippen MR) is 83.3 cm³/mol. The second kappa shape index (κ2) is 6.37. The number of imidazole rings is 1. The maximum atomic E-state index is 12.3. The molecule has 1 heterocycles. The van der Waals surface area contributed by atoms with Gasteiger partial charge in [-0.1, -0.05) is 18.5 Å². The summed E-state index contributed by atoms with van der Waals surface area (Å²) in [5.74, 6) is -0.699. The molecule has 0 saturated heterocycles. The van der Waals surface area contributed by atoms with Crippen LogP contribution in [0.2, 0.25) is 5.02 Å². The molecule has 2 rings (SSSR count). The zero-order valence-electron chi connectivity index (χ0n) is 11.8. The van der Waals surface area contributed by atoms with Crippen molar-refractivity contribution in [2.75, 3.05) is 4.72 Å². The van der Waals surface area contributed by atoms with Crippen LogP contribution in [0, 0.1) is 0 Å². The number of aryl methyl sites for hydroxylation is 1. The van der Waals surface area contributed by atoms with E-state index in [9.17, 15) is 13.2 Å². The molecular formula is C13H15ClN4O3S. The molecule has 7 nitrogen and oxygen atoms in total. The summed E-state index contributed by atoms with van der Waals surface area (Å²) in [7, 11) is -3.86. The number of nitrogens with zero attached hydrogens (tertiary/aromatic N) is 2. The molecule has 0 bridgehead atoms. The highest BCUT2D eigenvalue weighted by Gasteiger charge is 2.18. The van der Waals surface area contributed by atoms with Gasteiger partial charge in [0.1, 0.15) is 0 Å². The Morgan fingerprint density at radius 1 is 1.41 bits per heavy atom. The number of nitrogens with two attached hydrogens (primary N) is 1. The van der Waals surface area contributed by atoms with Gasteiger partial charge < -0.3 is 10.3 Å². The van der Waals surface area contributed by atoms with E-state index in [1.54, 1.807) is 4.57 Å². The normalized spacial score (nSPS) is 11.4. The van der Waals surface area contributed by atoms with E-state index in [1.807, 2.05) is 6.92 Å². The molecule has 0 fully saturated rings. The van der Waals surface area contributed by atoms with Crippen molar-refractivity contribution in [3.63, 3.8) is 0 Å². The van der Waals surface area contributed by atoms with E-state index in [2.05, 4.69) is 9.71 Å². The summed E-state index contributed by atoms with van der Waals surface area (Å²) in [5.41, 5.74) is 5.43. The molecule has 0 unspecified atom stereocenters. The molecule has 2 aromatic rings. The van der Waals surface area contributed by atoms with E-state index in [0.29, 0.717) is 6.54 Å². The molecule has 0 aliphatic rings. The van der Waals surface area contributed by atoms with Crippen LogP contribution in [-0.2, 0) is 16.6 Å². The van der Waals surface area contributed by atoms with Crippen LogP contribution < -0.4 is 10.5 Å². The first kappa shape index (κ1) is 16.3. The van der Waals surface area contributed by atoms with E-state index in [4.69, 9.17) is 17.3 Å². The quantitative estimate of drug-likeness (QED) is 0.835. The monoisotopic (exact) mass is 342 g/mol. The summed E-state index contributed by atoms with van der Waals surface area (Å²) in [6.07, 6.45) is 3.75. The number of primary amides is 1. The summed E-state index contributed by atoms with van der Waals surface area (Å²) in [6.45, 7) is 2.65. The number of hydrogen-bond acceptors (Lipinski definition) is 4. The predicted octanol–water partition coefficient (Wildman–Crippen LogP) is 1.85. The van der Waals surface area contributed by atoms with Crippen molar-refractivity contribution in [1.82, 2.24) is 9.55 Å². The molecule has 1 aromatic carbocycles. The largest absolute Gasteiger partial charge is 0.366 e. The van der Waals surface area contributed by atoms with Crippen LogP contribution in [0.1, 0.15) is 23.7 Å². The number of nitrogens with one attached hydrogen (secondary N) is 1. The zero-order chi connectivity index (χ0) is 16.3. The molecule has 9 heteroatoms. The van der Waals surface area contributed by atoms with Crippen molar-refractivity contribution in [1.29, 1.82) is 0 Å². The van der Waals surface area contributed by atoms with Crippen LogP contribution in [0.25, 0.3) is 0 Å². The van der Waals surface area contributed by atoms with Crippen molar-refractivity contribution in [2.45, 2.75) is 24.9 Å². The third-order valence-corrected chi connectivity index (χ3v) is 4.29. The Kier molecular flexibility index (Phi) is 4.72. The lowest BCUT2D eigenvalue weighted by molar-refractivity contribution is 0.100. The first-order valence-electron chi connectivity index (χ1n) is 6.47. The molecule has 1 amide bonds. The molecule has 0 saturated carbocycles. The number of anilines is 1. The Morgan fingerprint density at radius 3 is 2.77 bits per heavy atom. The van der Waals surface area contributed by atoms with Crippen LogP contribution in [-0.4, -0.2) is 23.9 Å². The Balaban J connectivity index is 2.30. The fourth-order valence-electron chi connectivity index (χ4n) is 1.86. The molecule has 0 spiro atoms. The Labute approximate surface area is 133 Å². The van der Waals surface area contributed by atoms with Gasteiger partial charge in [-0.25, -0.2) is 4.98 Å². The number of benzene rings is 1. The number of sulfonamides is 1. The fourth-order valence-corrected chi connectivity index (χ4v) is 3.08. The Morgan fingerprint density at radius 2 is 2.14 bits per heavy atom. The lowest BCUT2D eigenvalue weighted by Gasteiger charge is -2.07. The fraction of sp³-hybridized carbons (Fsp3) is 0.231. The summed E-state index contributed by atoms with van der Waals surface area (Å²) >= 11 is 5.85.